The summed E-state index contributed by atoms with van der Waals surface area (Å²) in [5, 5.41) is 3.69. The van der Waals surface area contributed by atoms with Crippen LogP contribution in [0.15, 0.2) is 47.4 Å². The standard InChI is InChI=1S/C20H26N2O2/c1-24-17-10-11-18-16(15-17)7-6-8-19(18)21-12-3-5-14-22-13-4-2-9-20(22)23/h2,4,9-11,13,15,19,21H,3,5-8,12,14H2,1H3/t19-/m0/s1. The van der Waals surface area contributed by atoms with Crippen LogP contribution >= 0.6 is 0 Å². The maximum absolute atomic E-state index is 11.7. The lowest BCUT2D eigenvalue weighted by Gasteiger charge is -2.27. The predicted octanol–water partition coefficient (Wildman–Crippen LogP) is 3.30. The smallest absolute Gasteiger partial charge is 0.250 e. The lowest BCUT2D eigenvalue weighted by atomic mass is 9.87. The Morgan fingerprint density at radius 3 is 3.00 bits per heavy atom. The fraction of sp³-hybridized carbons (Fsp3) is 0.450. The number of methoxy groups -OCH3 is 1. The van der Waals surface area contributed by atoms with Crippen molar-refractivity contribution in [3.8, 4) is 5.75 Å². The average molecular weight is 326 g/mol. The zero-order chi connectivity index (χ0) is 16.8. The van der Waals surface area contributed by atoms with E-state index < -0.39 is 0 Å². The second-order valence-corrected chi connectivity index (χ2v) is 6.40. The van der Waals surface area contributed by atoms with Crippen molar-refractivity contribution in [2.45, 2.75) is 44.7 Å². The molecule has 1 heterocycles. The van der Waals surface area contributed by atoms with Gasteiger partial charge in [0.1, 0.15) is 5.75 Å². The molecule has 0 saturated carbocycles. The van der Waals surface area contributed by atoms with Gasteiger partial charge in [-0.15, -0.1) is 0 Å². The van der Waals surface area contributed by atoms with Gasteiger partial charge in [0.25, 0.3) is 0 Å². The van der Waals surface area contributed by atoms with Crippen LogP contribution in [-0.4, -0.2) is 18.2 Å². The Bertz CT molecular complexity index is 724. The third-order valence-electron chi connectivity index (χ3n) is 4.78. The topological polar surface area (TPSA) is 43.3 Å². The van der Waals surface area contributed by atoms with E-state index in [-0.39, 0.29) is 5.56 Å². The third kappa shape index (κ3) is 4.06. The Labute approximate surface area is 143 Å². The average Bonchev–Trinajstić information content (AvgIpc) is 2.62. The zero-order valence-corrected chi connectivity index (χ0v) is 14.3. The van der Waals surface area contributed by atoms with E-state index in [1.807, 2.05) is 12.3 Å². The van der Waals surface area contributed by atoms with E-state index in [4.69, 9.17) is 4.74 Å². The van der Waals surface area contributed by atoms with Crippen LogP contribution < -0.4 is 15.6 Å². The van der Waals surface area contributed by atoms with Crippen LogP contribution in [0.2, 0.25) is 0 Å². The number of rotatable bonds is 7. The second-order valence-electron chi connectivity index (χ2n) is 6.40. The molecule has 2 aromatic rings. The van der Waals surface area contributed by atoms with Crippen LogP contribution in [0.1, 0.15) is 42.9 Å². The number of hydrogen-bond donors (Lipinski definition) is 1. The molecule has 3 rings (SSSR count). The molecule has 4 heteroatoms. The van der Waals surface area contributed by atoms with Crippen molar-refractivity contribution in [1.29, 1.82) is 0 Å². The molecule has 0 amide bonds. The maximum Gasteiger partial charge on any atom is 0.250 e. The molecule has 1 aliphatic rings. The fourth-order valence-corrected chi connectivity index (χ4v) is 3.46. The Morgan fingerprint density at radius 2 is 2.17 bits per heavy atom. The van der Waals surface area contributed by atoms with Gasteiger partial charge < -0.3 is 14.6 Å². The number of aromatic nitrogens is 1. The number of fused-ring (bicyclic) bond motifs is 1. The highest BCUT2D eigenvalue weighted by Crippen LogP contribution is 2.32. The van der Waals surface area contributed by atoms with Crippen molar-refractivity contribution in [3.05, 3.63) is 64.1 Å². The Hall–Kier alpha value is -2.07. The van der Waals surface area contributed by atoms with E-state index in [1.54, 1.807) is 23.8 Å². The van der Waals surface area contributed by atoms with Crippen LogP contribution in [0.5, 0.6) is 5.75 Å². The molecule has 0 bridgehead atoms. The molecule has 0 fully saturated rings. The number of benzene rings is 1. The van der Waals surface area contributed by atoms with Crippen LogP contribution in [-0.2, 0) is 13.0 Å². The summed E-state index contributed by atoms with van der Waals surface area (Å²) in [5.41, 5.74) is 2.91. The third-order valence-corrected chi connectivity index (χ3v) is 4.78. The molecule has 0 aliphatic heterocycles. The number of nitrogens with one attached hydrogen (secondary N) is 1. The maximum atomic E-state index is 11.7. The quantitative estimate of drug-likeness (QED) is 0.794. The first-order valence-corrected chi connectivity index (χ1v) is 8.83. The predicted molar refractivity (Wildman–Crippen MR) is 96.6 cm³/mol. The molecular weight excluding hydrogens is 300 g/mol. The minimum Gasteiger partial charge on any atom is -0.497 e. The van der Waals surface area contributed by atoms with Gasteiger partial charge in [-0.2, -0.15) is 0 Å². The number of hydrogen-bond acceptors (Lipinski definition) is 3. The molecule has 128 valence electrons. The van der Waals surface area contributed by atoms with E-state index in [1.165, 1.54) is 24.0 Å². The first-order chi connectivity index (χ1) is 11.8. The molecular formula is C20H26N2O2. The summed E-state index contributed by atoms with van der Waals surface area (Å²) in [6.45, 7) is 1.78. The molecule has 24 heavy (non-hydrogen) atoms. The molecule has 0 saturated heterocycles. The van der Waals surface area contributed by atoms with Gasteiger partial charge in [0.2, 0.25) is 5.56 Å². The highest BCUT2D eigenvalue weighted by atomic mass is 16.5. The fourth-order valence-electron chi connectivity index (χ4n) is 3.46. The molecule has 1 aliphatic carbocycles. The Balaban J connectivity index is 1.48. The SMILES string of the molecule is COc1ccc2c(c1)CCC[C@@H]2NCCCCn1ccccc1=O. The lowest BCUT2D eigenvalue weighted by molar-refractivity contribution is 0.410. The molecule has 1 atom stereocenters. The molecule has 1 N–H and O–H groups in total. The second kappa shape index (κ2) is 8.15. The lowest BCUT2D eigenvalue weighted by Crippen LogP contribution is -2.26. The molecule has 4 nitrogen and oxygen atoms in total. The number of ether oxygens (including phenoxy) is 1. The molecule has 0 radical (unpaired) electrons. The van der Waals surface area contributed by atoms with Crippen molar-refractivity contribution < 1.29 is 4.74 Å². The highest BCUT2D eigenvalue weighted by molar-refractivity contribution is 5.39. The van der Waals surface area contributed by atoms with Gasteiger partial charge >= 0.3 is 0 Å². The molecule has 1 aromatic heterocycles. The largest absolute Gasteiger partial charge is 0.497 e. The van der Waals surface area contributed by atoms with Crippen molar-refractivity contribution >= 4 is 0 Å². The number of nitrogens with zero attached hydrogens (tertiary/aromatic N) is 1. The summed E-state index contributed by atoms with van der Waals surface area (Å²) in [4.78, 5) is 11.7. The van der Waals surface area contributed by atoms with Gasteiger partial charge in [-0.25, -0.2) is 0 Å². The summed E-state index contributed by atoms with van der Waals surface area (Å²) < 4.78 is 7.11. The van der Waals surface area contributed by atoms with Gasteiger partial charge in [-0.05, 0) is 68.0 Å². The molecule has 0 spiro atoms. The first-order valence-electron chi connectivity index (χ1n) is 8.83. The van der Waals surface area contributed by atoms with Gasteiger partial charge in [-0.1, -0.05) is 12.1 Å². The van der Waals surface area contributed by atoms with Crippen LogP contribution in [0.25, 0.3) is 0 Å². The van der Waals surface area contributed by atoms with Crippen LogP contribution in [0.3, 0.4) is 0 Å². The van der Waals surface area contributed by atoms with E-state index in [2.05, 4.69) is 23.5 Å². The van der Waals surface area contributed by atoms with Gasteiger partial charge in [0.05, 0.1) is 7.11 Å². The van der Waals surface area contributed by atoms with Gasteiger partial charge in [-0.3, -0.25) is 4.79 Å². The van der Waals surface area contributed by atoms with E-state index in [9.17, 15) is 4.79 Å². The summed E-state index contributed by atoms with van der Waals surface area (Å²) >= 11 is 0. The van der Waals surface area contributed by atoms with Crippen molar-refractivity contribution in [2.24, 2.45) is 0 Å². The van der Waals surface area contributed by atoms with Crippen molar-refractivity contribution in [3.63, 3.8) is 0 Å². The number of aryl methyl sites for hydroxylation is 2. The number of pyridine rings is 1. The van der Waals surface area contributed by atoms with Crippen LogP contribution in [0, 0.1) is 0 Å². The highest BCUT2D eigenvalue weighted by Gasteiger charge is 2.19. The minimum atomic E-state index is 0.0839. The van der Waals surface area contributed by atoms with Gasteiger partial charge in [0, 0.05) is 24.8 Å². The van der Waals surface area contributed by atoms with Crippen molar-refractivity contribution in [1.82, 2.24) is 9.88 Å². The van der Waals surface area contributed by atoms with Crippen LogP contribution in [0.4, 0.5) is 0 Å². The summed E-state index contributed by atoms with van der Waals surface area (Å²) in [6, 6.07) is 12.2. The molecule has 1 aromatic carbocycles. The van der Waals surface area contributed by atoms with Gasteiger partial charge in [0.15, 0.2) is 0 Å². The first kappa shape index (κ1) is 16.8. The van der Waals surface area contributed by atoms with E-state index in [0.717, 1.165) is 38.1 Å². The Morgan fingerprint density at radius 1 is 1.25 bits per heavy atom. The monoisotopic (exact) mass is 326 g/mol. The minimum absolute atomic E-state index is 0.0839. The summed E-state index contributed by atoms with van der Waals surface area (Å²) in [6.07, 6.45) is 7.50. The van der Waals surface area contributed by atoms with E-state index >= 15 is 0 Å². The summed E-state index contributed by atoms with van der Waals surface area (Å²) in [5.74, 6) is 0.947. The number of unbranched alkanes of at least 4 members (excludes halogenated alkanes) is 1. The summed E-state index contributed by atoms with van der Waals surface area (Å²) in [7, 11) is 1.72. The van der Waals surface area contributed by atoms with Crippen molar-refractivity contribution in [2.75, 3.05) is 13.7 Å². The zero-order valence-electron chi connectivity index (χ0n) is 14.3. The normalized spacial score (nSPS) is 16.6. The Kier molecular flexibility index (Phi) is 5.70. The molecule has 0 unspecified atom stereocenters. The van der Waals surface area contributed by atoms with E-state index in [0.29, 0.717) is 6.04 Å².